The maximum Gasteiger partial charge on any atom is 0.244 e. The number of anilines is 1. The Morgan fingerprint density at radius 3 is 2.41 bits per heavy atom. The quantitative estimate of drug-likeness (QED) is 0.880. The van der Waals surface area contributed by atoms with Crippen molar-refractivity contribution in [2.45, 2.75) is 30.2 Å². The van der Waals surface area contributed by atoms with Gasteiger partial charge in [0.2, 0.25) is 10.0 Å². The van der Waals surface area contributed by atoms with Gasteiger partial charge >= 0.3 is 0 Å². The number of nitrogens with one attached hydrogen (secondary N) is 1. The molecule has 5 nitrogen and oxygen atoms in total. The fraction of sp³-hybridized carbons (Fsp3) is 0.545. The van der Waals surface area contributed by atoms with Crippen LogP contribution in [0.25, 0.3) is 0 Å². The summed E-state index contributed by atoms with van der Waals surface area (Å²) in [6.07, 6.45) is 3.66. The normalized spacial score (nSPS) is 18.1. The Labute approximate surface area is 102 Å². The third-order valence-corrected chi connectivity index (χ3v) is 4.74. The monoisotopic (exact) mass is 255 g/mol. The van der Waals surface area contributed by atoms with Gasteiger partial charge in [0.25, 0.3) is 0 Å². The fourth-order valence-electron chi connectivity index (χ4n) is 1.44. The van der Waals surface area contributed by atoms with E-state index in [1.165, 1.54) is 24.6 Å². The minimum Gasteiger partial charge on any atom is -0.365 e. The smallest absolute Gasteiger partial charge is 0.244 e. The number of pyridine rings is 1. The average Bonchev–Trinajstić information content (AvgIpc) is 2.96. The van der Waals surface area contributed by atoms with Gasteiger partial charge in [-0.1, -0.05) is 0 Å². The molecule has 0 saturated heterocycles. The van der Waals surface area contributed by atoms with E-state index in [9.17, 15) is 8.42 Å². The maximum absolute atomic E-state index is 11.8. The second-order valence-electron chi connectivity index (χ2n) is 4.85. The third-order valence-electron chi connectivity index (χ3n) is 2.94. The van der Waals surface area contributed by atoms with Crippen LogP contribution in [-0.4, -0.2) is 37.3 Å². The first kappa shape index (κ1) is 12.3. The lowest BCUT2D eigenvalue weighted by atomic mass is 10.3. The second kappa shape index (κ2) is 3.96. The van der Waals surface area contributed by atoms with Crippen LogP contribution in [0.15, 0.2) is 23.2 Å². The Kier molecular flexibility index (Phi) is 2.87. The Hall–Kier alpha value is -1.14. The SMILES string of the molecule is CN(C)S(=O)(=O)c1ccc(NC2(C)CC2)nc1. The standard InChI is InChI=1S/C11H17N3O2S/c1-11(6-7-11)13-10-5-4-9(8-12-10)17(15,16)14(2)3/h4-5,8H,6-7H2,1-3H3,(H,12,13). The zero-order chi connectivity index (χ0) is 12.7. The maximum atomic E-state index is 11.8. The molecule has 1 aliphatic carbocycles. The van der Waals surface area contributed by atoms with Gasteiger partial charge in [0.1, 0.15) is 10.7 Å². The number of nitrogens with zero attached hydrogens (tertiary/aromatic N) is 2. The van der Waals surface area contributed by atoms with Crippen LogP contribution >= 0.6 is 0 Å². The summed E-state index contributed by atoms with van der Waals surface area (Å²) in [5, 5.41) is 3.28. The highest BCUT2D eigenvalue weighted by Gasteiger charge is 2.37. The zero-order valence-electron chi connectivity index (χ0n) is 10.3. The summed E-state index contributed by atoms with van der Waals surface area (Å²) in [4.78, 5) is 4.35. The molecule has 1 fully saturated rings. The molecule has 1 saturated carbocycles. The van der Waals surface area contributed by atoms with Crippen LogP contribution in [0, 0.1) is 0 Å². The molecule has 0 atom stereocenters. The minimum atomic E-state index is -3.38. The van der Waals surface area contributed by atoms with Gasteiger partial charge in [-0.25, -0.2) is 17.7 Å². The number of aromatic nitrogens is 1. The first-order valence-electron chi connectivity index (χ1n) is 5.50. The molecule has 2 rings (SSSR count). The molecule has 94 valence electrons. The minimum absolute atomic E-state index is 0.148. The molecule has 1 aliphatic rings. The van der Waals surface area contributed by atoms with Gasteiger partial charge in [0, 0.05) is 25.8 Å². The molecular weight excluding hydrogens is 238 g/mol. The summed E-state index contributed by atoms with van der Waals surface area (Å²) in [5.74, 6) is 0.725. The Bertz CT molecular complexity index is 504. The van der Waals surface area contributed by atoms with Crippen molar-refractivity contribution < 1.29 is 8.42 Å². The van der Waals surface area contributed by atoms with Crippen molar-refractivity contribution in [2.24, 2.45) is 0 Å². The van der Waals surface area contributed by atoms with Crippen molar-refractivity contribution in [2.75, 3.05) is 19.4 Å². The van der Waals surface area contributed by atoms with Crippen molar-refractivity contribution >= 4 is 15.8 Å². The molecule has 0 unspecified atom stereocenters. The fourth-order valence-corrected chi connectivity index (χ4v) is 2.29. The van der Waals surface area contributed by atoms with E-state index in [1.54, 1.807) is 12.1 Å². The molecule has 0 aliphatic heterocycles. The number of hydrogen-bond donors (Lipinski definition) is 1. The first-order valence-corrected chi connectivity index (χ1v) is 6.94. The molecule has 0 spiro atoms. The van der Waals surface area contributed by atoms with Gasteiger partial charge in [0.05, 0.1) is 0 Å². The molecule has 0 aromatic carbocycles. The van der Waals surface area contributed by atoms with Crippen LogP contribution in [0.3, 0.4) is 0 Å². The molecule has 1 heterocycles. The van der Waals surface area contributed by atoms with E-state index in [0.29, 0.717) is 0 Å². The molecule has 6 heteroatoms. The molecule has 17 heavy (non-hydrogen) atoms. The number of hydrogen-bond acceptors (Lipinski definition) is 4. The summed E-state index contributed by atoms with van der Waals surface area (Å²) in [6.45, 7) is 2.12. The lowest BCUT2D eigenvalue weighted by Crippen LogP contribution is -2.22. The van der Waals surface area contributed by atoms with Crippen LogP contribution in [0.4, 0.5) is 5.82 Å². The third kappa shape index (κ3) is 2.58. The van der Waals surface area contributed by atoms with E-state index >= 15 is 0 Å². The summed E-state index contributed by atoms with van der Waals surface area (Å²) >= 11 is 0. The van der Waals surface area contributed by atoms with Crippen molar-refractivity contribution in [3.05, 3.63) is 18.3 Å². The molecule has 0 amide bonds. The molecule has 0 radical (unpaired) electrons. The number of sulfonamides is 1. The van der Waals surface area contributed by atoms with Crippen molar-refractivity contribution in [1.82, 2.24) is 9.29 Å². The molecule has 1 aromatic rings. The van der Waals surface area contributed by atoms with Gasteiger partial charge < -0.3 is 5.32 Å². The van der Waals surface area contributed by atoms with Crippen LogP contribution < -0.4 is 5.32 Å². The summed E-state index contributed by atoms with van der Waals surface area (Å²) < 4.78 is 24.8. The van der Waals surface area contributed by atoms with Gasteiger partial charge in [-0.15, -0.1) is 0 Å². The Balaban J connectivity index is 2.18. The summed E-state index contributed by atoms with van der Waals surface area (Å²) in [5.41, 5.74) is 0.148. The topological polar surface area (TPSA) is 62.3 Å². The van der Waals surface area contributed by atoms with E-state index in [0.717, 1.165) is 18.7 Å². The Morgan fingerprint density at radius 2 is 2.00 bits per heavy atom. The highest BCUT2D eigenvalue weighted by molar-refractivity contribution is 7.89. The van der Waals surface area contributed by atoms with E-state index in [4.69, 9.17) is 0 Å². The lowest BCUT2D eigenvalue weighted by molar-refractivity contribution is 0.520. The van der Waals surface area contributed by atoms with Crippen molar-refractivity contribution in [3.8, 4) is 0 Å². The Morgan fingerprint density at radius 1 is 1.35 bits per heavy atom. The van der Waals surface area contributed by atoms with Gasteiger partial charge in [-0.3, -0.25) is 0 Å². The lowest BCUT2D eigenvalue weighted by Gasteiger charge is -2.14. The first-order chi connectivity index (χ1) is 7.83. The second-order valence-corrected chi connectivity index (χ2v) is 7.00. The summed E-state index contributed by atoms with van der Waals surface area (Å²) in [7, 11) is -0.365. The predicted octanol–water partition coefficient (Wildman–Crippen LogP) is 1.30. The highest BCUT2D eigenvalue weighted by Crippen LogP contribution is 2.37. The van der Waals surface area contributed by atoms with Gasteiger partial charge in [-0.05, 0) is 31.9 Å². The summed E-state index contributed by atoms with van der Waals surface area (Å²) in [6, 6.07) is 3.29. The van der Waals surface area contributed by atoms with E-state index in [1.807, 2.05) is 0 Å². The van der Waals surface area contributed by atoms with E-state index in [-0.39, 0.29) is 10.4 Å². The van der Waals surface area contributed by atoms with Crippen LogP contribution in [0.5, 0.6) is 0 Å². The average molecular weight is 255 g/mol. The molecule has 0 bridgehead atoms. The zero-order valence-corrected chi connectivity index (χ0v) is 11.1. The van der Waals surface area contributed by atoms with Crippen LogP contribution in [-0.2, 0) is 10.0 Å². The molecule has 1 aromatic heterocycles. The molecule has 1 N–H and O–H groups in total. The van der Waals surface area contributed by atoms with E-state index in [2.05, 4.69) is 17.2 Å². The number of rotatable bonds is 4. The van der Waals surface area contributed by atoms with Crippen molar-refractivity contribution in [1.29, 1.82) is 0 Å². The van der Waals surface area contributed by atoms with Crippen LogP contribution in [0.1, 0.15) is 19.8 Å². The van der Waals surface area contributed by atoms with Crippen molar-refractivity contribution in [3.63, 3.8) is 0 Å². The highest BCUT2D eigenvalue weighted by atomic mass is 32.2. The van der Waals surface area contributed by atoms with E-state index < -0.39 is 10.0 Å². The van der Waals surface area contributed by atoms with Crippen LogP contribution in [0.2, 0.25) is 0 Å². The predicted molar refractivity (Wildman–Crippen MR) is 66.4 cm³/mol. The largest absolute Gasteiger partial charge is 0.365 e. The molecular formula is C11H17N3O2S. The van der Waals surface area contributed by atoms with Gasteiger partial charge in [-0.2, -0.15) is 0 Å². The van der Waals surface area contributed by atoms with Gasteiger partial charge in [0.15, 0.2) is 0 Å².